The molecule has 2 saturated heterocycles. The number of nitriles is 1. The monoisotopic (exact) mass is 537 g/mol. The number of likely N-dealkylation sites (tertiary alicyclic amines) is 1. The van der Waals surface area contributed by atoms with Crippen LogP contribution in [0.25, 0.3) is 0 Å². The van der Waals surface area contributed by atoms with E-state index >= 15 is 0 Å². The molecule has 2 heterocycles. The van der Waals surface area contributed by atoms with Gasteiger partial charge in [-0.2, -0.15) is 5.26 Å². The van der Waals surface area contributed by atoms with Crippen LogP contribution in [0.5, 0.6) is 0 Å². The van der Waals surface area contributed by atoms with Crippen molar-refractivity contribution in [3.63, 3.8) is 0 Å². The summed E-state index contributed by atoms with van der Waals surface area (Å²) in [5, 5.41) is 18.3. The van der Waals surface area contributed by atoms with E-state index in [1.165, 1.54) is 16.7 Å². The second kappa shape index (κ2) is 13.9. The molecule has 3 amide bonds. The van der Waals surface area contributed by atoms with Crippen LogP contribution < -0.4 is 16.0 Å². The predicted molar refractivity (Wildman–Crippen MR) is 150 cm³/mol. The number of hydrogen-bond donors (Lipinski definition) is 3. The number of thioether (sulfide) groups is 1. The third-order valence-electron chi connectivity index (χ3n) is 6.49. The summed E-state index contributed by atoms with van der Waals surface area (Å²) in [4.78, 5) is 43.7. The van der Waals surface area contributed by atoms with Crippen molar-refractivity contribution in [2.24, 2.45) is 0 Å². The van der Waals surface area contributed by atoms with Crippen LogP contribution in [0.2, 0.25) is 0 Å². The number of likely N-dealkylation sites (N-methyl/N-ethyl adjacent to an activating group) is 1. The number of hydrogen-bond acceptors (Lipinski definition) is 8. The summed E-state index contributed by atoms with van der Waals surface area (Å²) in [7, 11) is 4.13. The number of anilines is 2. The molecule has 38 heavy (non-hydrogen) atoms. The van der Waals surface area contributed by atoms with Crippen LogP contribution in [-0.4, -0.2) is 97.1 Å². The highest BCUT2D eigenvalue weighted by Gasteiger charge is 2.38. The van der Waals surface area contributed by atoms with Crippen molar-refractivity contribution in [1.29, 1.82) is 5.26 Å². The van der Waals surface area contributed by atoms with Gasteiger partial charge in [-0.1, -0.05) is 23.7 Å². The molecule has 2 aliphatic rings. The summed E-state index contributed by atoms with van der Waals surface area (Å²) < 4.78 is 0. The first-order valence-electron chi connectivity index (χ1n) is 12.6. The lowest BCUT2D eigenvalue weighted by atomic mass is 10.2. The van der Waals surface area contributed by atoms with Crippen LogP contribution in [0.3, 0.4) is 0 Å². The van der Waals surface area contributed by atoms with Gasteiger partial charge in [-0.05, 0) is 52.1 Å². The SMILES string of the molecule is C#CCNC(=O)/C(C#N)=C1\SC(CCNc2cccc(NC(=O)CN3CCC(N(C)C)C3)c2)C(=O)N1CC. The number of nitrogens with one attached hydrogen (secondary N) is 3. The molecule has 0 aromatic heterocycles. The number of nitrogens with zero attached hydrogens (tertiary/aromatic N) is 4. The van der Waals surface area contributed by atoms with Crippen molar-refractivity contribution in [2.75, 3.05) is 64.0 Å². The summed E-state index contributed by atoms with van der Waals surface area (Å²) in [6.07, 6.45) is 6.74. The van der Waals surface area contributed by atoms with Gasteiger partial charge in [-0.25, -0.2) is 0 Å². The fraction of sp³-hybridized carbons (Fsp3) is 0.481. The molecule has 2 aliphatic heterocycles. The minimum absolute atomic E-state index is 0.00404. The van der Waals surface area contributed by atoms with Gasteiger partial charge in [0.25, 0.3) is 5.91 Å². The quantitative estimate of drug-likeness (QED) is 0.221. The molecule has 202 valence electrons. The average molecular weight is 538 g/mol. The molecule has 3 N–H and O–H groups in total. The zero-order chi connectivity index (χ0) is 27.7. The molecular weight excluding hydrogens is 502 g/mol. The molecule has 2 atom stereocenters. The van der Waals surface area contributed by atoms with Gasteiger partial charge in [0.1, 0.15) is 16.7 Å². The van der Waals surface area contributed by atoms with Crippen molar-refractivity contribution in [1.82, 2.24) is 20.0 Å². The number of amides is 3. The molecule has 10 nitrogen and oxygen atoms in total. The van der Waals surface area contributed by atoms with E-state index in [0.29, 0.717) is 42.8 Å². The lowest BCUT2D eigenvalue weighted by Gasteiger charge is -2.20. The first-order valence-corrected chi connectivity index (χ1v) is 13.5. The third kappa shape index (κ3) is 7.51. The summed E-state index contributed by atoms with van der Waals surface area (Å²) in [6.45, 7) is 4.81. The molecule has 3 rings (SSSR count). The van der Waals surface area contributed by atoms with Gasteiger partial charge in [0.2, 0.25) is 11.8 Å². The van der Waals surface area contributed by atoms with Crippen LogP contribution in [0.15, 0.2) is 34.9 Å². The highest BCUT2D eigenvalue weighted by atomic mass is 32.2. The van der Waals surface area contributed by atoms with Crippen LogP contribution in [0, 0.1) is 23.7 Å². The van der Waals surface area contributed by atoms with Crippen molar-refractivity contribution >= 4 is 40.9 Å². The predicted octanol–water partition coefficient (Wildman–Crippen LogP) is 1.51. The Balaban J connectivity index is 1.54. The minimum Gasteiger partial charge on any atom is -0.385 e. The van der Waals surface area contributed by atoms with E-state index in [0.717, 1.165) is 25.2 Å². The van der Waals surface area contributed by atoms with Gasteiger partial charge in [0.15, 0.2) is 0 Å². The van der Waals surface area contributed by atoms with Crippen molar-refractivity contribution < 1.29 is 14.4 Å². The smallest absolute Gasteiger partial charge is 0.265 e. The maximum atomic E-state index is 12.9. The number of carbonyl (C=O) groups is 3. The van der Waals surface area contributed by atoms with Crippen molar-refractivity contribution in [2.45, 2.75) is 31.1 Å². The lowest BCUT2D eigenvalue weighted by molar-refractivity contribution is -0.127. The van der Waals surface area contributed by atoms with Gasteiger partial charge in [-0.3, -0.25) is 19.3 Å². The summed E-state index contributed by atoms with van der Waals surface area (Å²) in [5.74, 6) is 1.54. The van der Waals surface area contributed by atoms with Crippen LogP contribution in [-0.2, 0) is 14.4 Å². The maximum absolute atomic E-state index is 12.9. The van der Waals surface area contributed by atoms with Gasteiger partial charge < -0.3 is 25.8 Å². The van der Waals surface area contributed by atoms with Gasteiger partial charge in [0, 0.05) is 43.6 Å². The normalized spacial score (nSPS) is 20.7. The number of carbonyl (C=O) groups excluding carboxylic acids is 3. The Hall–Kier alpha value is -3.51. The fourth-order valence-corrected chi connectivity index (χ4v) is 5.79. The number of benzene rings is 1. The number of rotatable bonds is 11. The molecule has 2 unspecified atom stereocenters. The minimum atomic E-state index is -0.584. The molecule has 2 fully saturated rings. The van der Waals surface area contributed by atoms with Crippen molar-refractivity contribution in [3.8, 4) is 18.4 Å². The first-order chi connectivity index (χ1) is 18.3. The molecule has 0 aliphatic carbocycles. The Morgan fingerprint density at radius 2 is 2.05 bits per heavy atom. The summed E-state index contributed by atoms with van der Waals surface area (Å²) in [5.41, 5.74) is 1.42. The summed E-state index contributed by atoms with van der Waals surface area (Å²) >= 11 is 1.23. The van der Waals surface area contributed by atoms with Crippen LogP contribution >= 0.6 is 11.8 Å². The second-order valence-corrected chi connectivity index (χ2v) is 10.5. The molecule has 0 saturated carbocycles. The lowest BCUT2D eigenvalue weighted by Crippen LogP contribution is -2.35. The zero-order valence-corrected chi connectivity index (χ0v) is 22.9. The Morgan fingerprint density at radius 3 is 2.71 bits per heavy atom. The van der Waals surface area contributed by atoms with E-state index in [9.17, 15) is 19.6 Å². The zero-order valence-electron chi connectivity index (χ0n) is 22.1. The van der Waals surface area contributed by atoms with E-state index in [4.69, 9.17) is 6.42 Å². The molecule has 0 spiro atoms. The molecular formula is C27H35N7O3S. The topological polar surface area (TPSA) is 121 Å². The maximum Gasteiger partial charge on any atom is 0.265 e. The van der Waals surface area contributed by atoms with E-state index in [1.54, 1.807) is 6.92 Å². The standard InChI is InChI=1S/C27H35N7O3S/c1-5-12-30-25(36)22(16-28)27-34(6-2)26(37)23(38-27)10-13-29-19-8-7-9-20(15-19)31-24(35)18-33-14-11-21(17-33)32(3)4/h1,7-9,15,21,23,29H,6,10-14,17-18H2,2-4H3,(H,30,36)(H,31,35)/b27-22-. The number of terminal acetylenes is 1. The van der Waals surface area contributed by atoms with Gasteiger partial charge in [0.05, 0.1) is 18.3 Å². The highest BCUT2D eigenvalue weighted by molar-refractivity contribution is 8.04. The second-order valence-electron chi connectivity index (χ2n) is 9.35. The summed E-state index contributed by atoms with van der Waals surface area (Å²) in [6, 6.07) is 9.86. The highest BCUT2D eigenvalue weighted by Crippen LogP contribution is 2.38. The van der Waals surface area contributed by atoms with E-state index in [2.05, 4.69) is 45.8 Å². The molecule has 1 aromatic carbocycles. The Labute approximate surface area is 228 Å². The Bertz CT molecular complexity index is 1150. The van der Waals surface area contributed by atoms with Gasteiger partial charge >= 0.3 is 0 Å². The van der Waals surface area contributed by atoms with E-state index < -0.39 is 11.2 Å². The fourth-order valence-electron chi connectivity index (χ4n) is 4.45. The largest absolute Gasteiger partial charge is 0.385 e. The van der Waals surface area contributed by atoms with E-state index in [-0.39, 0.29) is 23.9 Å². The van der Waals surface area contributed by atoms with E-state index in [1.807, 2.05) is 30.3 Å². The molecule has 11 heteroatoms. The van der Waals surface area contributed by atoms with Gasteiger partial charge in [-0.15, -0.1) is 6.42 Å². The van der Waals surface area contributed by atoms with Crippen LogP contribution in [0.4, 0.5) is 11.4 Å². The third-order valence-corrected chi connectivity index (χ3v) is 7.86. The molecule has 0 radical (unpaired) electrons. The van der Waals surface area contributed by atoms with Crippen LogP contribution in [0.1, 0.15) is 19.8 Å². The first kappa shape index (κ1) is 29.1. The average Bonchev–Trinajstić information content (AvgIpc) is 3.48. The molecule has 1 aromatic rings. The Morgan fingerprint density at radius 1 is 1.29 bits per heavy atom. The molecule has 0 bridgehead atoms. The Kier molecular flexibility index (Phi) is 10.6. The van der Waals surface area contributed by atoms with Crippen molar-refractivity contribution in [3.05, 3.63) is 34.9 Å².